The fraction of sp³-hybridized carbons (Fsp3) is 0.625. The van der Waals surface area contributed by atoms with E-state index < -0.39 is 11.7 Å². The maximum atomic E-state index is 12.9. The summed E-state index contributed by atoms with van der Waals surface area (Å²) in [6.07, 6.45) is -0.756. The number of ether oxygens (including phenoxy) is 2. The first-order valence-electron chi connectivity index (χ1n) is 11.9. The van der Waals surface area contributed by atoms with Gasteiger partial charge in [-0.15, -0.1) is 0 Å². The van der Waals surface area contributed by atoms with E-state index in [1.54, 1.807) is 9.80 Å². The highest BCUT2D eigenvalue weighted by molar-refractivity contribution is 5.75. The topological polar surface area (TPSA) is 94.7 Å². The summed E-state index contributed by atoms with van der Waals surface area (Å²) in [5, 5.41) is 2.78. The van der Waals surface area contributed by atoms with Gasteiger partial charge < -0.3 is 29.5 Å². The van der Waals surface area contributed by atoms with Crippen molar-refractivity contribution in [3.63, 3.8) is 0 Å². The largest absolute Gasteiger partial charge is 0.445 e. The van der Waals surface area contributed by atoms with Crippen molar-refractivity contribution >= 4 is 18.2 Å². The van der Waals surface area contributed by atoms with Crippen LogP contribution in [0.3, 0.4) is 0 Å². The number of nitrogens with zero attached hydrogens (tertiary/aromatic N) is 4. The molecule has 0 atom stereocenters. The Labute approximate surface area is 201 Å². The molecule has 0 saturated carbocycles. The van der Waals surface area contributed by atoms with Gasteiger partial charge in [0.05, 0.1) is 0 Å². The van der Waals surface area contributed by atoms with Crippen molar-refractivity contribution in [3.8, 4) is 0 Å². The first-order chi connectivity index (χ1) is 16.2. The molecule has 0 aromatic heterocycles. The lowest BCUT2D eigenvalue weighted by Gasteiger charge is -2.40. The fourth-order valence-electron chi connectivity index (χ4n) is 3.86. The molecule has 1 N–H and O–H groups in total. The zero-order chi connectivity index (χ0) is 24.6. The molecule has 188 valence electrons. The van der Waals surface area contributed by atoms with Crippen LogP contribution in [0.25, 0.3) is 0 Å². The Hall–Kier alpha value is -3.01. The Morgan fingerprint density at radius 3 is 2.00 bits per heavy atom. The van der Waals surface area contributed by atoms with Crippen LogP contribution in [0, 0.1) is 0 Å². The summed E-state index contributed by atoms with van der Waals surface area (Å²) in [5.74, 6) is 0. The lowest BCUT2D eigenvalue weighted by Crippen LogP contribution is -2.58. The molecule has 0 spiro atoms. The van der Waals surface area contributed by atoms with E-state index >= 15 is 0 Å². The third-order valence-corrected chi connectivity index (χ3v) is 5.75. The minimum atomic E-state index is -0.526. The van der Waals surface area contributed by atoms with Gasteiger partial charge in [0.1, 0.15) is 12.2 Å². The number of carbonyl (C=O) groups excluding carboxylic acids is 3. The summed E-state index contributed by atoms with van der Waals surface area (Å²) in [4.78, 5) is 44.5. The molecule has 4 amide bonds. The summed E-state index contributed by atoms with van der Waals surface area (Å²) in [7, 11) is 0. The van der Waals surface area contributed by atoms with E-state index in [4.69, 9.17) is 9.47 Å². The van der Waals surface area contributed by atoms with Gasteiger partial charge in [0.15, 0.2) is 0 Å². The molecule has 10 nitrogen and oxygen atoms in total. The lowest BCUT2D eigenvalue weighted by molar-refractivity contribution is 0.0150. The third kappa shape index (κ3) is 8.09. The molecular formula is C24H37N5O5. The van der Waals surface area contributed by atoms with Crippen molar-refractivity contribution in [2.45, 2.75) is 33.0 Å². The molecule has 0 radical (unpaired) electrons. The van der Waals surface area contributed by atoms with E-state index in [-0.39, 0.29) is 18.7 Å². The van der Waals surface area contributed by atoms with Crippen LogP contribution in [0.5, 0.6) is 0 Å². The highest BCUT2D eigenvalue weighted by atomic mass is 16.6. The molecule has 0 aliphatic carbocycles. The first kappa shape index (κ1) is 25.6. The second kappa shape index (κ2) is 11.9. The number of benzene rings is 1. The standard InChI is InChI=1S/C24H37N5O5/c1-24(2,3)34-23(32)29-17-15-28(16-18-29)22(31)27-13-11-26(12-14-27)10-9-25-21(30)33-19-20-7-5-4-6-8-20/h4-8H,9-19H2,1-3H3,(H,25,30). The van der Waals surface area contributed by atoms with E-state index in [2.05, 4.69) is 10.2 Å². The highest BCUT2D eigenvalue weighted by Gasteiger charge is 2.30. The van der Waals surface area contributed by atoms with Gasteiger partial charge in [-0.1, -0.05) is 30.3 Å². The molecule has 0 unspecified atom stereocenters. The normalized spacial score (nSPS) is 17.3. The number of amides is 4. The van der Waals surface area contributed by atoms with Crippen LogP contribution in [0.4, 0.5) is 14.4 Å². The molecule has 2 fully saturated rings. The van der Waals surface area contributed by atoms with Gasteiger partial charge in [-0.25, -0.2) is 14.4 Å². The van der Waals surface area contributed by atoms with Crippen molar-refractivity contribution in [2.24, 2.45) is 0 Å². The SMILES string of the molecule is CC(C)(C)OC(=O)N1CCN(C(=O)N2CCN(CCNC(=O)OCc3ccccc3)CC2)CC1. The molecule has 1 aromatic carbocycles. The number of hydrogen-bond acceptors (Lipinski definition) is 6. The molecule has 3 rings (SSSR count). The Bertz CT molecular complexity index is 813. The predicted octanol–water partition coefficient (Wildman–Crippen LogP) is 2.20. The smallest absolute Gasteiger partial charge is 0.410 e. The van der Waals surface area contributed by atoms with Crippen LogP contribution in [-0.2, 0) is 16.1 Å². The van der Waals surface area contributed by atoms with E-state index in [0.717, 1.165) is 18.7 Å². The number of alkyl carbamates (subject to hydrolysis) is 1. The van der Waals surface area contributed by atoms with E-state index in [1.165, 1.54) is 0 Å². The number of hydrogen-bond donors (Lipinski definition) is 1. The fourth-order valence-corrected chi connectivity index (χ4v) is 3.86. The van der Waals surface area contributed by atoms with Gasteiger partial charge in [-0.3, -0.25) is 4.90 Å². The number of carbonyl (C=O) groups is 3. The van der Waals surface area contributed by atoms with Crippen LogP contribution in [0.15, 0.2) is 30.3 Å². The van der Waals surface area contributed by atoms with Gasteiger partial charge >= 0.3 is 18.2 Å². The molecule has 2 aliphatic rings. The quantitative estimate of drug-likeness (QED) is 0.702. The molecule has 2 aliphatic heterocycles. The summed E-state index contributed by atoms with van der Waals surface area (Å²) in [6.45, 7) is 11.8. The monoisotopic (exact) mass is 475 g/mol. The average molecular weight is 476 g/mol. The molecule has 0 bridgehead atoms. The Kier molecular flexibility index (Phi) is 8.98. The maximum absolute atomic E-state index is 12.9. The summed E-state index contributed by atoms with van der Waals surface area (Å²) in [6, 6.07) is 9.58. The van der Waals surface area contributed by atoms with Crippen LogP contribution in [0.2, 0.25) is 0 Å². The first-order valence-corrected chi connectivity index (χ1v) is 11.9. The second-order valence-corrected chi connectivity index (χ2v) is 9.55. The van der Waals surface area contributed by atoms with E-state index in [1.807, 2.05) is 56.0 Å². The molecule has 2 heterocycles. The average Bonchev–Trinajstić information content (AvgIpc) is 2.82. The van der Waals surface area contributed by atoms with Crippen LogP contribution >= 0.6 is 0 Å². The minimum absolute atomic E-state index is 0.0195. The van der Waals surface area contributed by atoms with E-state index in [9.17, 15) is 14.4 Å². The molecule has 10 heteroatoms. The second-order valence-electron chi connectivity index (χ2n) is 9.55. The van der Waals surface area contributed by atoms with Crippen LogP contribution < -0.4 is 5.32 Å². The zero-order valence-electron chi connectivity index (χ0n) is 20.5. The van der Waals surface area contributed by atoms with Crippen LogP contribution in [-0.4, -0.2) is 109 Å². The third-order valence-electron chi connectivity index (χ3n) is 5.75. The number of rotatable bonds is 5. The molecule has 34 heavy (non-hydrogen) atoms. The predicted molar refractivity (Wildman–Crippen MR) is 127 cm³/mol. The lowest BCUT2D eigenvalue weighted by atomic mass is 10.2. The summed E-state index contributed by atoms with van der Waals surface area (Å²) < 4.78 is 10.6. The van der Waals surface area contributed by atoms with Crippen molar-refractivity contribution < 1.29 is 23.9 Å². The van der Waals surface area contributed by atoms with Gasteiger partial charge in [-0.2, -0.15) is 0 Å². The Morgan fingerprint density at radius 2 is 1.41 bits per heavy atom. The van der Waals surface area contributed by atoms with Gasteiger partial charge in [-0.05, 0) is 26.3 Å². The van der Waals surface area contributed by atoms with Crippen molar-refractivity contribution in [3.05, 3.63) is 35.9 Å². The zero-order valence-corrected chi connectivity index (χ0v) is 20.5. The number of nitrogens with one attached hydrogen (secondary N) is 1. The van der Waals surface area contributed by atoms with Crippen molar-refractivity contribution in [1.29, 1.82) is 0 Å². The van der Waals surface area contributed by atoms with Gasteiger partial charge in [0.2, 0.25) is 0 Å². The molecular weight excluding hydrogens is 438 g/mol. The summed E-state index contributed by atoms with van der Waals surface area (Å²) in [5.41, 5.74) is 0.423. The minimum Gasteiger partial charge on any atom is -0.445 e. The van der Waals surface area contributed by atoms with Crippen LogP contribution in [0.1, 0.15) is 26.3 Å². The highest BCUT2D eigenvalue weighted by Crippen LogP contribution is 2.13. The summed E-state index contributed by atoms with van der Waals surface area (Å²) >= 11 is 0. The van der Waals surface area contributed by atoms with E-state index in [0.29, 0.717) is 52.4 Å². The molecule has 1 aromatic rings. The number of urea groups is 1. The van der Waals surface area contributed by atoms with Crippen molar-refractivity contribution in [1.82, 2.24) is 24.9 Å². The maximum Gasteiger partial charge on any atom is 0.410 e. The van der Waals surface area contributed by atoms with Gasteiger partial charge in [0, 0.05) is 65.4 Å². The Morgan fingerprint density at radius 1 is 0.853 bits per heavy atom. The number of piperazine rings is 2. The van der Waals surface area contributed by atoms with Gasteiger partial charge in [0.25, 0.3) is 0 Å². The van der Waals surface area contributed by atoms with Crippen molar-refractivity contribution in [2.75, 3.05) is 65.4 Å². The molecule has 2 saturated heterocycles. The Balaban J connectivity index is 1.29.